The Morgan fingerprint density at radius 3 is 3.11 bits per heavy atom. The minimum atomic E-state index is -1.49. The zero-order valence-electron chi connectivity index (χ0n) is 15.4. The second-order valence-corrected chi connectivity index (χ2v) is 8.98. The number of alkyl halides is 1. The molecule has 0 aromatic carbocycles. The van der Waals surface area contributed by atoms with Crippen LogP contribution in [0.4, 0.5) is 4.39 Å². The summed E-state index contributed by atoms with van der Waals surface area (Å²) >= 11 is 1.68. The van der Waals surface area contributed by atoms with Crippen molar-refractivity contribution in [3.63, 3.8) is 0 Å². The number of nitrogens with zero attached hydrogens (tertiary/aromatic N) is 4. The Balaban J connectivity index is 1.35. The Hall–Kier alpha value is -2.22. The molecule has 6 nitrogen and oxygen atoms in total. The molecule has 1 N–H and O–H groups in total. The Morgan fingerprint density at radius 2 is 2.32 bits per heavy atom. The van der Waals surface area contributed by atoms with Crippen LogP contribution < -0.4 is 0 Å². The summed E-state index contributed by atoms with van der Waals surface area (Å²) in [6, 6.07) is 3.39. The number of halogens is 1. The smallest absolute Gasteiger partial charge is 0.230 e. The number of H-pyrrole nitrogens is 1. The van der Waals surface area contributed by atoms with Gasteiger partial charge in [0.05, 0.1) is 12.1 Å². The average molecular weight is 399 g/mol. The third-order valence-corrected chi connectivity index (χ3v) is 7.43. The fourth-order valence-electron chi connectivity index (χ4n) is 4.88. The maximum atomic E-state index is 15.7. The number of hydrogen-bond acceptors (Lipinski definition) is 5. The lowest BCUT2D eigenvalue weighted by Gasteiger charge is -2.38. The first kappa shape index (κ1) is 17.8. The largest absolute Gasteiger partial charge is 0.339 e. The quantitative estimate of drug-likeness (QED) is 0.858. The molecule has 2 aliphatic heterocycles. The topological polar surface area (TPSA) is 74.8 Å². The van der Waals surface area contributed by atoms with E-state index < -0.39 is 5.67 Å². The fraction of sp³-hybridized carbons (Fsp3) is 0.500. The van der Waals surface area contributed by atoms with Gasteiger partial charge in [-0.15, -0.1) is 11.8 Å². The Kier molecular flexibility index (Phi) is 4.45. The normalized spacial score (nSPS) is 32.2. The zero-order valence-corrected chi connectivity index (χ0v) is 16.2. The molecule has 146 valence electrons. The van der Waals surface area contributed by atoms with Crippen LogP contribution in [0.2, 0.25) is 0 Å². The first-order chi connectivity index (χ1) is 13.6. The molecule has 2 fully saturated rings. The number of hydrogen-bond donors (Lipinski definition) is 1. The van der Waals surface area contributed by atoms with Gasteiger partial charge in [0.2, 0.25) is 5.91 Å². The van der Waals surface area contributed by atoms with E-state index in [2.05, 4.69) is 20.4 Å². The van der Waals surface area contributed by atoms with Gasteiger partial charge in [-0.05, 0) is 37.3 Å². The van der Waals surface area contributed by atoms with Gasteiger partial charge in [-0.3, -0.25) is 9.89 Å². The molecule has 1 aliphatic carbocycles. The van der Waals surface area contributed by atoms with Crippen LogP contribution in [0, 0.1) is 11.8 Å². The molecule has 0 spiro atoms. The number of fused-ring (bicyclic) bond motifs is 1. The molecular formula is C20H22FN5OS. The van der Waals surface area contributed by atoms with Gasteiger partial charge < -0.3 is 4.90 Å². The molecule has 0 radical (unpaired) electrons. The van der Waals surface area contributed by atoms with Crippen LogP contribution in [-0.2, 0) is 10.5 Å². The molecule has 0 bridgehead atoms. The highest BCUT2D eigenvalue weighted by Gasteiger charge is 2.52. The van der Waals surface area contributed by atoms with E-state index in [4.69, 9.17) is 0 Å². The molecule has 2 aromatic heterocycles. The highest BCUT2D eigenvalue weighted by atomic mass is 32.2. The number of rotatable bonds is 3. The van der Waals surface area contributed by atoms with E-state index in [-0.39, 0.29) is 23.8 Å². The number of aromatic nitrogens is 4. The predicted molar refractivity (Wildman–Crippen MR) is 105 cm³/mol. The van der Waals surface area contributed by atoms with E-state index >= 15 is 4.39 Å². The molecule has 5 rings (SSSR count). The summed E-state index contributed by atoms with van der Waals surface area (Å²) in [5.74, 6) is 0.901. The van der Waals surface area contributed by atoms with Crippen molar-refractivity contribution in [1.29, 1.82) is 0 Å². The summed E-state index contributed by atoms with van der Waals surface area (Å²) < 4.78 is 15.7. The minimum absolute atomic E-state index is 0.0513. The maximum absolute atomic E-state index is 15.7. The molecule has 28 heavy (non-hydrogen) atoms. The molecule has 4 unspecified atom stereocenters. The van der Waals surface area contributed by atoms with Crippen molar-refractivity contribution in [2.24, 2.45) is 11.8 Å². The van der Waals surface area contributed by atoms with Crippen LogP contribution in [-0.4, -0.2) is 49.5 Å². The van der Waals surface area contributed by atoms with Gasteiger partial charge in [0.1, 0.15) is 5.69 Å². The van der Waals surface area contributed by atoms with Crippen molar-refractivity contribution >= 4 is 22.6 Å². The van der Waals surface area contributed by atoms with Crippen molar-refractivity contribution in [2.75, 3.05) is 12.3 Å². The number of carbonyl (C=O) groups is 1. The van der Waals surface area contributed by atoms with Crippen LogP contribution in [0.5, 0.6) is 0 Å². The first-order valence-corrected chi connectivity index (χ1v) is 10.7. The van der Waals surface area contributed by atoms with Crippen LogP contribution in [0.15, 0.2) is 36.8 Å². The first-order valence-electron chi connectivity index (χ1n) is 9.75. The van der Waals surface area contributed by atoms with Gasteiger partial charge >= 0.3 is 0 Å². The van der Waals surface area contributed by atoms with Gasteiger partial charge in [0.15, 0.2) is 5.67 Å². The number of nitrogens with one attached hydrogen (secondary N) is 1. The molecule has 4 heterocycles. The third kappa shape index (κ3) is 3.03. The SMILES string of the molecule is O=C(C1C=C(c2cn[nH]c2)SC1)N1CCCC2CC(F)(c3cccnn3)CC21. The van der Waals surface area contributed by atoms with Crippen molar-refractivity contribution in [1.82, 2.24) is 25.3 Å². The molecule has 3 aliphatic rings. The summed E-state index contributed by atoms with van der Waals surface area (Å²) in [6.45, 7) is 0.715. The second kappa shape index (κ2) is 6.99. The number of carbonyl (C=O) groups excluding carboxylic acids is 1. The number of aromatic amines is 1. The van der Waals surface area contributed by atoms with Crippen molar-refractivity contribution in [2.45, 2.75) is 37.4 Å². The number of piperidine rings is 1. The summed E-state index contributed by atoms with van der Waals surface area (Å²) in [5.41, 5.74) is -0.0761. The monoisotopic (exact) mass is 399 g/mol. The van der Waals surface area contributed by atoms with Crippen LogP contribution in [0.25, 0.3) is 4.91 Å². The second-order valence-electron chi connectivity index (χ2n) is 7.92. The van der Waals surface area contributed by atoms with Gasteiger partial charge in [-0.25, -0.2) is 4.39 Å². The third-order valence-electron chi connectivity index (χ3n) is 6.22. The predicted octanol–water partition coefficient (Wildman–Crippen LogP) is 3.17. The minimum Gasteiger partial charge on any atom is -0.339 e. The van der Waals surface area contributed by atoms with E-state index in [1.54, 1.807) is 36.3 Å². The Morgan fingerprint density at radius 1 is 1.39 bits per heavy atom. The molecular weight excluding hydrogens is 377 g/mol. The Labute approximate surface area is 167 Å². The molecule has 4 atom stereocenters. The van der Waals surface area contributed by atoms with Crippen molar-refractivity contribution < 1.29 is 9.18 Å². The summed E-state index contributed by atoms with van der Waals surface area (Å²) in [4.78, 5) is 16.3. The Bertz CT molecular complexity index is 889. The van der Waals surface area contributed by atoms with Crippen molar-refractivity contribution in [3.05, 3.63) is 48.1 Å². The molecule has 1 saturated heterocycles. The molecule has 8 heteroatoms. The molecule has 1 amide bonds. The summed E-state index contributed by atoms with van der Waals surface area (Å²) in [5, 5.41) is 14.7. The maximum Gasteiger partial charge on any atom is 0.230 e. The van der Waals surface area contributed by atoms with E-state index in [9.17, 15) is 4.79 Å². The lowest BCUT2D eigenvalue weighted by atomic mass is 9.90. The van der Waals surface area contributed by atoms with Crippen LogP contribution in [0.1, 0.15) is 36.9 Å². The van der Waals surface area contributed by atoms with Gasteiger partial charge in [-0.2, -0.15) is 15.3 Å². The van der Waals surface area contributed by atoms with Gasteiger partial charge in [0, 0.05) is 47.6 Å². The lowest BCUT2D eigenvalue weighted by Crippen LogP contribution is -2.48. The standard InChI is InChI=1S/C20H22FN5OS/c21-20(18-4-1-5-22-25-18)8-13-3-2-6-26(16(13)9-20)19(27)14-7-17(28-12-14)15-10-23-24-11-15/h1,4-5,7,10-11,13-14,16H,2-3,6,8-9,12H2,(H,23,24). The zero-order chi connectivity index (χ0) is 19.1. The van der Waals surface area contributed by atoms with E-state index in [1.807, 2.05) is 17.2 Å². The van der Waals surface area contributed by atoms with Gasteiger partial charge in [0.25, 0.3) is 0 Å². The van der Waals surface area contributed by atoms with E-state index in [1.165, 1.54) is 0 Å². The van der Waals surface area contributed by atoms with Crippen LogP contribution in [0.3, 0.4) is 0 Å². The summed E-state index contributed by atoms with van der Waals surface area (Å²) in [6.07, 6.45) is 9.87. The lowest BCUT2D eigenvalue weighted by molar-refractivity contribution is -0.138. The highest BCUT2D eigenvalue weighted by molar-refractivity contribution is 8.08. The van der Waals surface area contributed by atoms with E-state index in [0.717, 1.165) is 29.1 Å². The van der Waals surface area contributed by atoms with Crippen molar-refractivity contribution in [3.8, 4) is 0 Å². The molecule has 2 aromatic rings. The highest BCUT2D eigenvalue weighted by Crippen LogP contribution is 2.50. The fourth-order valence-corrected chi connectivity index (χ4v) is 6.02. The molecule has 1 saturated carbocycles. The number of thioether (sulfide) groups is 1. The average Bonchev–Trinajstić information content (AvgIpc) is 3.46. The summed E-state index contributed by atoms with van der Waals surface area (Å²) in [7, 11) is 0. The van der Waals surface area contributed by atoms with Crippen LogP contribution >= 0.6 is 11.8 Å². The van der Waals surface area contributed by atoms with E-state index in [0.29, 0.717) is 25.1 Å². The van der Waals surface area contributed by atoms with Gasteiger partial charge in [-0.1, -0.05) is 6.08 Å². The number of likely N-dealkylation sites (tertiary alicyclic amines) is 1. The number of amides is 1.